The quantitative estimate of drug-likeness (QED) is 0.561. The zero-order chi connectivity index (χ0) is 14.2. The monoisotopic (exact) mass is 248 g/mol. The summed E-state index contributed by atoms with van der Waals surface area (Å²) in [4.78, 5) is 20.1. The average Bonchev–Trinajstić information content (AvgIpc) is 2.15. The molecule has 0 saturated heterocycles. The Labute approximate surface area is 102 Å². The number of aliphatic carboxylic acids is 2. The van der Waals surface area contributed by atoms with Crippen LogP contribution in [0.4, 0.5) is 0 Å². The van der Waals surface area contributed by atoms with Crippen molar-refractivity contribution in [1.29, 1.82) is 0 Å². The molecule has 0 aromatic carbocycles. The van der Waals surface area contributed by atoms with Gasteiger partial charge in [-0.05, 0) is 18.3 Å². The highest BCUT2D eigenvalue weighted by atomic mass is 16.4. The lowest BCUT2D eigenvalue weighted by molar-refractivity contribution is -0.140. The summed E-state index contributed by atoms with van der Waals surface area (Å²) in [7, 11) is 0. The van der Waals surface area contributed by atoms with Crippen LogP contribution in [0, 0.1) is 11.8 Å². The molecule has 0 saturated carbocycles. The average molecular weight is 248 g/mol. The van der Waals surface area contributed by atoms with E-state index in [9.17, 15) is 9.59 Å². The Morgan fingerprint density at radius 2 is 1.41 bits per heavy atom. The molecule has 0 amide bonds. The molecule has 0 spiro atoms. The van der Waals surface area contributed by atoms with Gasteiger partial charge < -0.3 is 21.7 Å². The van der Waals surface area contributed by atoms with Crippen LogP contribution in [-0.2, 0) is 9.59 Å². The van der Waals surface area contributed by atoms with Crippen molar-refractivity contribution >= 4 is 11.9 Å². The molecule has 0 heterocycles. The van der Waals surface area contributed by atoms with Gasteiger partial charge in [-0.3, -0.25) is 9.59 Å². The first-order valence-electron chi connectivity index (χ1n) is 5.56. The number of hydrogen-bond donors (Lipinski definition) is 4. The van der Waals surface area contributed by atoms with Crippen molar-refractivity contribution in [3.63, 3.8) is 0 Å². The third kappa shape index (κ3) is 11.1. The van der Waals surface area contributed by atoms with Gasteiger partial charge in [0.15, 0.2) is 0 Å². The van der Waals surface area contributed by atoms with Gasteiger partial charge >= 0.3 is 11.9 Å². The molecule has 0 aromatic rings. The Bertz CT molecular complexity index is 242. The van der Waals surface area contributed by atoms with E-state index < -0.39 is 24.0 Å². The summed E-state index contributed by atoms with van der Waals surface area (Å²) in [5.41, 5.74) is 10.4. The minimum absolute atomic E-state index is 0.0208. The van der Waals surface area contributed by atoms with E-state index >= 15 is 0 Å². The largest absolute Gasteiger partial charge is 0.480 e. The fourth-order valence-corrected chi connectivity index (χ4v) is 0.894. The second kappa shape index (κ2) is 8.95. The predicted molar refractivity (Wildman–Crippen MR) is 65.5 cm³/mol. The van der Waals surface area contributed by atoms with Crippen LogP contribution in [0.3, 0.4) is 0 Å². The van der Waals surface area contributed by atoms with Crippen LogP contribution in [0.2, 0.25) is 0 Å². The summed E-state index contributed by atoms with van der Waals surface area (Å²) < 4.78 is 0. The molecule has 2 atom stereocenters. The summed E-state index contributed by atoms with van der Waals surface area (Å²) in [6.45, 7) is 7.45. The molecule has 0 aliphatic heterocycles. The van der Waals surface area contributed by atoms with Gasteiger partial charge in [0.2, 0.25) is 0 Å². The third-order valence-electron chi connectivity index (χ3n) is 2.05. The van der Waals surface area contributed by atoms with Crippen LogP contribution < -0.4 is 11.5 Å². The van der Waals surface area contributed by atoms with E-state index in [2.05, 4.69) is 0 Å². The van der Waals surface area contributed by atoms with Gasteiger partial charge in [0, 0.05) is 0 Å². The van der Waals surface area contributed by atoms with Crippen molar-refractivity contribution in [2.24, 2.45) is 23.3 Å². The van der Waals surface area contributed by atoms with Crippen molar-refractivity contribution in [1.82, 2.24) is 0 Å². The minimum Gasteiger partial charge on any atom is -0.480 e. The third-order valence-corrected chi connectivity index (χ3v) is 2.05. The van der Waals surface area contributed by atoms with Gasteiger partial charge in [-0.1, -0.05) is 27.7 Å². The lowest BCUT2D eigenvalue weighted by atomic mass is 10.1. The second-order valence-electron chi connectivity index (χ2n) is 4.68. The van der Waals surface area contributed by atoms with Crippen LogP contribution in [0.5, 0.6) is 0 Å². The number of nitrogens with two attached hydrogens (primary N) is 2. The van der Waals surface area contributed by atoms with Crippen LogP contribution >= 0.6 is 0 Å². The molecule has 0 aliphatic rings. The highest BCUT2D eigenvalue weighted by molar-refractivity contribution is 5.73. The lowest BCUT2D eigenvalue weighted by Crippen LogP contribution is -2.34. The molecule has 0 radical (unpaired) electrons. The molecule has 6 nitrogen and oxygen atoms in total. The van der Waals surface area contributed by atoms with Crippen molar-refractivity contribution in [3.05, 3.63) is 0 Å². The minimum atomic E-state index is -0.931. The van der Waals surface area contributed by atoms with Gasteiger partial charge in [0.05, 0.1) is 0 Å². The number of carboxylic acids is 2. The van der Waals surface area contributed by atoms with Gasteiger partial charge in [-0.15, -0.1) is 0 Å². The molecule has 102 valence electrons. The summed E-state index contributed by atoms with van der Waals surface area (Å²) in [6.07, 6.45) is 0.551. The van der Waals surface area contributed by atoms with Crippen molar-refractivity contribution in [3.8, 4) is 0 Å². The molecule has 6 heteroatoms. The van der Waals surface area contributed by atoms with Gasteiger partial charge in [0.25, 0.3) is 0 Å². The fourth-order valence-electron chi connectivity index (χ4n) is 0.894. The van der Waals surface area contributed by atoms with E-state index in [0.717, 1.165) is 0 Å². The smallest absolute Gasteiger partial charge is 0.320 e. The molecular weight excluding hydrogens is 224 g/mol. The molecule has 6 N–H and O–H groups in total. The standard InChI is InChI=1S/C6H13NO2.C5H11NO2/c1-4(2)3-5(7)6(8)9;1-3(2)4(6)5(7)8/h4-5H,3,7H2,1-2H3,(H,8,9);3-4H,6H2,1-2H3,(H,7,8)/t;4-/m.0/s1. The van der Waals surface area contributed by atoms with E-state index in [0.29, 0.717) is 12.3 Å². The van der Waals surface area contributed by atoms with E-state index in [1.165, 1.54) is 0 Å². The fraction of sp³-hybridized carbons (Fsp3) is 0.818. The number of carbonyl (C=O) groups is 2. The molecular formula is C11H24N2O4. The van der Waals surface area contributed by atoms with E-state index in [1.54, 1.807) is 13.8 Å². The highest BCUT2D eigenvalue weighted by Gasteiger charge is 2.14. The Kier molecular flexibility index (Phi) is 9.60. The molecule has 0 rings (SSSR count). The van der Waals surface area contributed by atoms with Gasteiger partial charge in [0.1, 0.15) is 12.1 Å². The highest BCUT2D eigenvalue weighted by Crippen LogP contribution is 2.01. The summed E-state index contributed by atoms with van der Waals surface area (Å²) in [5, 5.41) is 16.5. The van der Waals surface area contributed by atoms with Gasteiger partial charge in [-0.2, -0.15) is 0 Å². The first-order chi connectivity index (χ1) is 7.59. The molecule has 0 aliphatic carbocycles. The molecule has 0 aromatic heterocycles. The maximum absolute atomic E-state index is 10.1. The predicted octanol–water partition coefficient (Wildman–Crippen LogP) is 0.499. The Hall–Kier alpha value is -1.14. The molecule has 1 unspecified atom stereocenters. The van der Waals surface area contributed by atoms with Crippen molar-refractivity contribution in [2.75, 3.05) is 0 Å². The van der Waals surface area contributed by atoms with Crippen LogP contribution in [0.25, 0.3) is 0 Å². The molecule has 0 fully saturated rings. The Morgan fingerprint density at radius 1 is 1.00 bits per heavy atom. The van der Waals surface area contributed by atoms with Crippen LogP contribution in [-0.4, -0.2) is 34.2 Å². The van der Waals surface area contributed by atoms with E-state index in [-0.39, 0.29) is 5.92 Å². The zero-order valence-electron chi connectivity index (χ0n) is 10.9. The number of hydrogen-bond acceptors (Lipinski definition) is 4. The second-order valence-corrected chi connectivity index (χ2v) is 4.68. The topological polar surface area (TPSA) is 127 Å². The maximum atomic E-state index is 10.1. The normalized spacial score (nSPS) is 13.9. The summed E-state index contributed by atoms with van der Waals surface area (Å²) in [6, 6.07) is -1.40. The number of carboxylic acid groups (broad SMARTS) is 2. The Morgan fingerprint density at radius 3 is 1.47 bits per heavy atom. The Balaban J connectivity index is 0. The first-order valence-corrected chi connectivity index (χ1v) is 5.56. The van der Waals surface area contributed by atoms with Crippen molar-refractivity contribution in [2.45, 2.75) is 46.2 Å². The summed E-state index contributed by atoms with van der Waals surface area (Å²) >= 11 is 0. The SMILES string of the molecule is CC(C)CC(N)C(=O)O.CC(C)[C@H](N)C(=O)O. The maximum Gasteiger partial charge on any atom is 0.320 e. The van der Waals surface area contributed by atoms with Gasteiger partial charge in [-0.25, -0.2) is 0 Å². The van der Waals surface area contributed by atoms with Crippen LogP contribution in [0.15, 0.2) is 0 Å². The molecule has 0 bridgehead atoms. The van der Waals surface area contributed by atoms with Crippen molar-refractivity contribution < 1.29 is 19.8 Å². The summed E-state index contributed by atoms with van der Waals surface area (Å²) in [5.74, 6) is -1.47. The van der Waals surface area contributed by atoms with Crippen LogP contribution in [0.1, 0.15) is 34.1 Å². The van der Waals surface area contributed by atoms with E-state index in [4.69, 9.17) is 21.7 Å². The molecule has 17 heavy (non-hydrogen) atoms. The van der Waals surface area contributed by atoms with E-state index in [1.807, 2.05) is 13.8 Å². The number of rotatable bonds is 5. The lowest BCUT2D eigenvalue weighted by Gasteiger charge is -2.07. The first kappa shape index (κ1) is 18.2. The zero-order valence-corrected chi connectivity index (χ0v) is 10.9.